The summed E-state index contributed by atoms with van der Waals surface area (Å²) < 4.78 is 13.5. The number of hydrogen-bond donors (Lipinski definition) is 0. The van der Waals surface area contributed by atoms with E-state index in [0.717, 1.165) is 31.2 Å². The molecule has 0 amide bonds. The highest BCUT2D eigenvalue weighted by atomic mass is 19.1. The lowest BCUT2D eigenvalue weighted by molar-refractivity contribution is 0.0770. The summed E-state index contributed by atoms with van der Waals surface area (Å²) in [5, 5.41) is 0. The molecule has 20 heavy (non-hydrogen) atoms. The molecule has 2 aromatic rings. The quantitative estimate of drug-likeness (QED) is 0.710. The number of ketones is 1. The highest BCUT2D eigenvalue weighted by molar-refractivity contribution is 6.03. The molecule has 0 aromatic heterocycles. The van der Waals surface area contributed by atoms with Crippen molar-refractivity contribution in [1.82, 2.24) is 0 Å². The molecule has 0 radical (unpaired) electrons. The molecule has 2 aliphatic carbocycles. The van der Waals surface area contributed by atoms with Gasteiger partial charge in [0.25, 0.3) is 0 Å². The van der Waals surface area contributed by atoms with Crippen LogP contribution in [0.3, 0.4) is 0 Å². The molecule has 0 saturated carbocycles. The normalized spacial score (nSPS) is 18.9. The first-order valence-electron chi connectivity index (χ1n) is 7.08. The zero-order valence-electron chi connectivity index (χ0n) is 11.2. The van der Waals surface area contributed by atoms with Crippen molar-refractivity contribution < 1.29 is 9.18 Å². The van der Waals surface area contributed by atoms with E-state index < -0.39 is 0 Å². The third-order valence-corrected chi connectivity index (χ3v) is 4.85. The maximum absolute atomic E-state index is 13.5. The van der Waals surface area contributed by atoms with Gasteiger partial charge >= 0.3 is 0 Å². The van der Waals surface area contributed by atoms with E-state index >= 15 is 0 Å². The zero-order valence-corrected chi connectivity index (χ0v) is 11.2. The van der Waals surface area contributed by atoms with Gasteiger partial charge in [-0.15, -0.1) is 0 Å². The Kier molecular flexibility index (Phi) is 2.38. The Bertz CT molecular complexity index is 692. The molecule has 0 atom stereocenters. The molecule has 0 unspecified atom stereocenters. The van der Waals surface area contributed by atoms with Crippen LogP contribution in [0, 0.1) is 11.2 Å². The molecule has 0 fully saturated rings. The highest BCUT2D eigenvalue weighted by Gasteiger charge is 2.46. The molecule has 0 saturated heterocycles. The molecule has 2 aromatic carbocycles. The van der Waals surface area contributed by atoms with E-state index in [0.29, 0.717) is 5.56 Å². The number of aryl methyl sites for hydroxylation is 1. The molecular weight excluding hydrogens is 251 g/mol. The summed E-state index contributed by atoms with van der Waals surface area (Å²) in [6, 6.07) is 12.9. The van der Waals surface area contributed by atoms with Crippen LogP contribution in [0.2, 0.25) is 0 Å². The molecule has 0 aliphatic heterocycles. The summed E-state index contributed by atoms with van der Waals surface area (Å²) in [7, 11) is 0. The van der Waals surface area contributed by atoms with Gasteiger partial charge in [-0.1, -0.05) is 30.3 Å². The molecule has 2 aliphatic rings. The first kappa shape index (κ1) is 11.8. The van der Waals surface area contributed by atoms with Crippen molar-refractivity contribution >= 4 is 5.78 Å². The highest BCUT2D eigenvalue weighted by Crippen LogP contribution is 2.46. The van der Waals surface area contributed by atoms with Gasteiger partial charge in [-0.25, -0.2) is 4.39 Å². The fourth-order valence-corrected chi connectivity index (χ4v) is 3.78. The van der Waals surface area contributed by atoms with Gasteiger partial charge in [0.2, 0.25) is 0 Å². The van der Waals surface area contributed by atoms with Crippen LogP contribution in [0.25, 0.3) is 0 Å². The molecule has 1 nitrogen and oxygen atoms in total. The van der Waals surface area contributed by atoms with Crippen molar-refractivity contribution in [2.75, 3.05) is 0 Å². The molecule has 100 valence electrons. The van der Waals surface area contributed by atoms with E-state index in [9.17, 15) is 9.18 Å². The predicted octanol–water partition coefficient (Wildman–Crippen LogP) is 3.74. The van der Waals surface area contributed by atoms with Gasteiger partial charge < -0.3 is 0 Å². The Balaban J connectivity index is 1.78. The minimum Gasteiger partial charge on any atom is -0.294 e. The van der Waals surface area contributed by atoms with Gasteiger partial charge in [0, 0.05) is 11.0 Å². The summed E-state index contributed by atoms with van der Waals surface area (Å²) in [6.45, 7) is 0. The SMILES string of the molecule is O=C1c2cc(F)ccc2CCC12Cc1ccccc1C2. The van der Waals surface area contributed by atoms with Crippen LogP contribution in [0.15, 0.2) is 42.5 Å². The van der Waals surface area contributed by atoms with Crippen LogP contribution >= 0.6 is 0 Å². The van der Waals surface area contributed by atoms with Crippen LogP contribution < -0.4 is 0 Å². The smallest absolute Gasteiger partial charge is 0.170 e. The Hall–Kier alpha value is -1.96. The third-order valence-electron chi connectivity index (χ3n) is 4.85. The standard InChI is InChI=1S/C18H15FO/c19-15-6-5-12-7-8-18(17(20)16(12)9-15)10-13-3-1-2-4-14(13)11-18/h1-6,9H,7-8,10-11H2. The first-order valence-corrected chi connectivity index (χ1v) is 7.08. The third kappa shape index (κ3) is 1.57. The van der Waals surface area contributed by atoms with Crippen LogP contribution in [0.5, 0.6) is 0 Å². The molecular formula is C18H15FO. The van der Waals surface area contributed by atoms with E-state index in [1.54, 1.807) is 6.07 Å². The Morgan fingerprint density at radius 1 is 0.950 bits per heavy atom. The number of carbonyl (C=O) groups is 1. The van der Waals surface area contributed by atoms with Gasteiger partial charge in [-0.3, -0.25) is 4.79 Å². The van der Waals surface area contributed by atoms with Crippen LogP contribution in [-0.4, -0.2) is 5.78 Å². The summed E-state index contributed by atoms with van der Waals surface area (Å²) in [5.41, 5.74) is 3.83. The van der Waals surface area contributed by atoms with E-state index in [1.807, 2.05) is 12.1 Å². The van der Waals surface area contributed by atoms with Gasteiger partial charge in [0.05, 0.1) is 0 Å². The maximum Gasteiger partial charge on any atom is 0.170 e. The molecule has 0 N–H and O–H groups in total. The number of halogens is 1. The first-order chi connectivity index (χ1) is 9.68. The maximum atomic E-state index is 13.5. The molecule has 0 heterocycles. The second-order valence-corrected chi connectivity index (χ2v) is 6.03. The van der Waals surface area contributed by atoms with E-state index in [1.165, 1.54) is 23.3 Å². The largest absolute Gasteiger partial charge is 0.294 e. The number of Topliss-reactive ketones (excluding diaryl/α,β-unsaturated/α-hetero) is 1. The lowest BCUT2D eigenvalue weighted by Crippen LogP contribution is -2.36. The summed E-state index contributed by atoms with van der Waals surface area (Å²) in [6.07, 6.45) is 3.35. The lowest BCUT2D eigenvalue weighted by Gasteiger charge is -2.33. The average Bonchev–Trinajstić information content (AvgIpc) is 2.83. The predicted molar refractivity (Wildman–Crippen MR) is 75.3 cm³/mol. The number of rotatable bonds is 0. The second kappa shape index (κ2) is 4.02. The van der Waals surface area contributed by atoms with Crippen molar-refractivity contribution in [2.24, 2.45) is 5.41 Å². The van der Waals surface area contributed by atoms with E-state index in [2.05, 4.69) is 12.1 Å². The number of benzene rings is 2. The number of hydrogen-bond acceptors (Lipinski definition) is 1. The molecule has 1 spiro atoms. The summed E-state index contributed by atoms with van der Waals surface area (Å²) in [5.74, 6) is -0.181. The van der Waals surface area contributed by atoms with Crippen molar-refractivity contribution in [2.45, 2.75) is 25.7 Å². The Morgan fingerprint density at radius 2 is 1.65 bits per heavy atom. The number of fused-ring (bicyclic) bond motifs is 2. The van der Waals surface area contributed by atoms with Crippen molar-refractivity contribution in [3.8, 4) is 0 Å². The van der Waals surface area contributed by atoms with Gasteiger partial charge in [0.15, 0.2) is 5.78 Å². The minimum absolute atomic E-state index is 0.134. The molecule has 2 heteroatoms. The van der Waals surface area contributed by atoms with Gasteiger partial charge in [-0.2, -0.15) is 0 Å². The zero-order chi connectivity index (χ0) is 13.7. The summed E-state index contributed by atoms with van der Waals surface area (Å²) >= 11 is 0. The van der Waals surface area contributed by atoms with E-state index in [4.69, 9.17) is 0 Å². The molecule has 0 bridgehead atoms. The number of carbonyl (C=O) groups excluding carboxylic acids is 1. The average molecular weight is 266 g/mol. The van der Waals surface area contributed by atoms with Crippen LogP contribution in [0.4, 0.5) is 4.39 Å². The lowest BCUT2D eigenvalue weighted by atomic mass is 9.68. The van der Waals surface area contributed by atoms with Crippen molar-refractivity contribution in [3.05, 3.63) is 70.5 Å². The van der Waals surface area contributed by atoms with Crippen LogP contribution in [0.1, 0.15) is 33.5 Å². The van der Waals surface area contributed by atoms with Gasteiger partial charge in [-0.05, 0) is 54.5 Å². The van der Waals surface area contributed by atoms with Crippen molar-refractivity contribution in [1.29, 1.82) is 0 Å². The fraction of sp³-hybridized carbons (Fsp3) is 0.278. The second-order valence-electron chi connectivity index (χ2n) is 6.03. The van der Waals surface area contributed by atoms with E-state index in [-0.39, 0.29) is 17.0 Å². The topological polar surface area (TPSA) is 17.1 Å². The Labute approximate surface area is 117 Å². The minimum atomic E-state index is -0.329. The fourth-order valence-electron chi connectivity index (χ4n) is 3.78. The van der Waals surface area contributed by atoms with Crippen molar-refractivity contribution in [3.63, 3.8) is 0 Å². The summed E-state index contributed by atoms with van der Waals surface area (Å²) in [4.78, 5) is 12.9. The Morgan fingerprint density at radius 3 is 2.35 bits per heavy atom. The monoisotopic (exact) mass is 266 g/mol. The van der Waals surface area contributed by atoms with Gasteiger partial charge in [0.1, 0.15) is 5.82 Å². The molecule has 4 rings (SSSR count). The van der Waals surface area contributed by atoms with Crippen LogP contribution in [-0.2, 0) is 19.3 Å².